The van der Waals surface area contributed by atoms with Crippen molar-refractivity contribution < 1.29 is 9.52 Å². The number of aliphatic hydroxyl groups is 1. The van der Waals surface area contributed by atoms with Crippen molar-refractivity contribution in [2.45, 2.75) is 51.7 Å². The van der Waals surface area contributed by atoms with E-state index in [1.807, 2.05) is 6.92 Å². The molecule has 106 valence electrons. The Morgan fingerprint density at radius 1 is 1.53 bits per heavy atom. The molecule has 19 heavy (non-hydrogen) atoms. The van der Waals surface area contributed by atoms with Crippen LogP contribution in [0.15, 0.2) is 10.7 Å². The van der Waals surface area contributed by atoms with Crippen LogP contribution in [-0.2, 0) is 6.54 Å². The van der Waals surface area contributed by atoms with E-state index in [0.29, 0.717) is 11.8 Å². The lowest BCUT2D eigenvalue weighted by Crippen LogP contribution is -2.56. The summed E-state index contributed by atoms with van der Waals surface area (Å²) in [6.45, 7) is 6.82. The first-order valence-corrected chi connectivity index (χ1v) is 7.43. The SMILES string of the molecule is Cc1nc(CN2CC[C@@](O)(C3CCC3)[C@H](C)C2)co1. The number of hydrogen-bond donors (Lipinski definition) is 1. The third kappa shape index (κ3) is 2.43. The highest BCUT2D eigenvalue weighted by Gasteiger charge is 2.46. The number of oxazole rings is 1. The molecule has 0 aromatic carbocycles. The van der Waals surface area contributed by atoms with Crippen LogP contribution in [-0.4, -0.2) is 33.7 Å². The molecule has 2 aliphatic rings. The van der Waals surface area contributed by atoms with Gasteiger partial charge < -0.3 is 9.52 Å². The summed E-state index contributed by atoms with van der Waals surface area (Å²) in [5, 5.41) is 10.9. The molecule has 2 fully saturated rings. The van der Waals surface area contributed by atoms with Gasteiger partial charge in [0.2, 0.25) is 0 Å². The zero-order valence-corrected chi connectivity index (χ0v) is 11.9. The van der Waals surface area contributed by atoms with Crippen molar-refractivity contribution in [1.82, 2.24) is 9.88 Å². The third-order valence-electron chi connectivity index (χ3n) is 5.08. The van der Waals surface area contributed by atoms with Gasteiger partial charge in [0.25, 0.3) is 0 Å². The summed E-state index contributed by atoms with van der Waals surface area (Å²) in [5.74, 6) is 1.62. The van der Waals surface area contributed by atoms with Crippen molar-refractivity contribution in [1.29, 1.82) is 0 Å². The molecule has 1 saturated carbocycles. The molecule has 2 heterocycles. The van der Waals surface area contributed by atoms with E-state index in [2.05, 4.69) is 16.8 Å². The molecular formula is C15H24N2O2. The van der Waals surface area contributed by atoms with E-state index in [1.165, 1.54) is 19.3 Å². The number of nitrogens with zero attached hydrogens (tertiary/aromatic N) is 2. The molecule has 1 aliphatic heterocycles. The van der Waals surface area contributed by atoms with Gasteiger partial charge in [0.05, 0.1) is 11.3 Å². The Kier molecular flexibility index (Phi) is 3.39. The lowest BCUT2D eigenvalue weighted by Gasteiger charge is -2.50. The van der Waals surface area contributed by atoms with E-state index in [4.69, 9.17) is 4.42 Å². The van der Waals surface area contributed by atoms with Gasteiger partial charge in [-0.25, -0.2) is 4.98 Å². The molecule has 0 amide bonds. The van der Waals surface area contributed by atoms with Gasteiger partial charge in [-0.2, -0.15) is 0 Å². The summed E-state index contributed by atoms with van der Waals surface area (Å²) in [5.41, 5.74) is 0.577. The van der Waals surface area contributed by atoms with Gasteiger partial charge >= 0.3 is 0 Å². The maximum Gasteiger partial charge on any atom is 0.191 e. The Balaban J connectivity index is 1.60. The molecule has 4 heteroatoms. The second-order valence-corrected chi connectivity index (χ2v) is 6.36. The number of piperidine rings is 1. The van der Waals surface area contributed by atoms with Crippen molar-refractivity contribution in [3.05, 3.63) is 17.8 Å². The van der Waals surface area contributed by atoms with Gasteiger partial charge in [-0.15, -0.1) is 0 Å². The van der Waals surface area contributed by atoms with Gasteiger partial charge in [-0.1, -0.05) is 13.3 Å². The van der Waals surface area contributed by atoms with E-state index < -0.39 is 5.60 Å². The van der Waals surface area contributed by atoms with E-state index in [-0.39, 0.29) is 0 Å². The van der Waals surface area contributed by atoms with Crippen molar-refractivity contribution >= 4 is 0 Å². The van der Waals surface area contributed by atoms with Crippen molar-refractivity contribution in [3.63, 3.8) is 0 Å². The van der Waals surface area contributed by atoms with Crippen LogP contribution in [0.5, 0.6) is 0 Å². The van der Waals surface area contributed by atoms with Crippen LogP contribution >= 0.6 is 0 Å². The monoisotopic (exact) mass is 264 g/mol. The molecule has 0 spiro atoms. The molecule has 1 aromatic rings. The van der Waals surface area contributed by atoms with Crippen molar-refractivity contribution in [2.75, 3.05) is 13.1 Å². The summed E-state index contributed by atoms with van der Waals surface area (Å²) in [6, 6.07) is 0. The predicted molar refractivity (Wildman–Crippen MR) is 72.6 cm³/mol. The summed E-state index contributed by atoms with van der Waals surface area (Å²) in [4.78, 5) is 6.74. The van der Waals surface area contributed by atoms with E-state index >= 15 is 0 Å². The third-order valence-corrected chi connectivity index (χ3v) is 5.08. The number of aromatic nitrogens is 1. The summed E-state index contributed by atoms with van der Waals surface area (Å²) < 4.78 is 5.25. The van der Waals surface area contributed by atoms with Crippen LogP contribution < -0.4 is 0 Å². The van der Waals surface area contributed by atoms with Crippen LogP contribution in [0.2, 0.25) is 0 Å². The first-order valence-electron chi connectivity index (χ1n) is 7.43. The fourth-order valence-corrected chi connectivity index (χ4v) is 3.59. The standard InChI is InChI=1S/C15H24N2O2/c1-11-8-17(9-14-10-19-12(2)16-14)7-6-15(11,18)13-4-3-5-13/h10-11,13,18H,3-9H2,1-2H3/t11-,15+/m1/s1. The zero-order chi connectivity index (χ0) is 13.5. The molecule has 1 aliphatic carbocycles. The first kappa shape index (κ1) is 13.1. The Labute approximate surface area is 114 Å². The number of aryl methyl sites for hydroxylation is 1. The molecule has 4 nitrogen and oxygen atoms in total. The molecule has 3 rings (SSSR count). The zero-order valence-electron chi connectivity index (χ0n) is 11.9. The highest BCUT2D eigenvalue weighted by molar-refractivity contribution is 5.01. The Morgan fingerprint density at radius 3 is 2.84 bits per heavy atom. The van der Waals surface area contributed by atoms with Crippen molar-refractivity contribution in [2.24, 2.45) is 11.8 Å². The summed E-state index contributed by atoms with van der Waals surface area (Å²) in [6.07, 6.45) is 6.36. The quantitative estimate of drug-likeness (QED) is 0.910. The smallest absolute Gasteiger partial charge is 0.191 e. The average molecular weight is 264 g/mol. The van der Waals surface area contributed by atoms with Gasteiger partial charge in [-0.3, -0.25) is 4.90 Å². The van der Waals surface area contributed by atoms with E-state index in [1.54, 1.807) is 6.26 Å². The minimum atomic E-state index is -0.422. The minimum absolute atomic E-state index is 0.347. The highest BCUT2D eigenvalue weighted by atomic mass is 16.3. The number of hydrogen-bond acceptors (Lipinski definition) is 4. The second kappa shape index (κ2) is 4.91. The van der Waals surface area contributed by atoms with Crippen LogP contribution in [0.1, 0.15) is 44.2 Å². The first-order chi connectivity index (χ1) is 9.08. The molecule has 0 unspecified atom stereocenters. The molecule has 0 bridgehead atoms. The number of likely N-dealkylation sites (tertiary alicyclic amines) is 1. The van der Waals surface area contributed by atoms with Gasteiger partial charge in [0.15, 0.2) is 5.89 Å². The fourth-order valence-electron chi connectivity index (χ4n) is 3.59. The Bertz CT molecular complexity index is 441. The van der Waals surface area contributed by atoms with Gasteiger partial charge in [0, 0.05) is 26.6 Å². The Hall–Kier alpha value is -0.870. The van der Waals surface area contributed by atoms with Gasteiger partial charge in [0.1, 0.15) is 6.26 Å². The van der Waals surface area contributed by atoms with E-state index in [0.717, 1.165) is 37.6 Å². The fraction of sp³-hybridized carbons (Fsp3) is 0.800. The topological polar surface area (TPSA) is 49.5 Å². The minimum Gasteiger partial charge on any atom is -0.449 e. The maximum atomic E-state index is 10.9. The molecule has 1 aromatic heterocycles. The normalized spacial score (nSPS) is 33.3. The van der Waals surface area contributed by atoms with Crippen LogP contribution in [0.25, 0.3) is 0 Å². The van der Waals surface area contributed by atoms with Crippen LogP contribution in [0.4, 0.5) is 0 Å². The average Bonchev–Trinajstić information content (AvgIpc) is 2.67. The molecule has 0 radical (unpaired) electrons. The van der Waals surface area contributed by atoms with Gasteiger partial charge in [-0.05, 0) is 31.1 Å². The van der Waals surface area contributed by atoms with E-state index in [9.17, 15) is 5.11 Å². The summed E-state index contributed by atoms with van der Waals surface area (Å²) in [7, 11) is 0. The van der Waals surface area contributed by atoms with Crippen LogP contribution in [0, 0.1) is 18.8 Å². The van der Waals surface area contributed by atoms with Crippen molar-refractivity contribution in [3.8, 4) is 0 Å². The molecular weight excluding hydrogens is 240 g/mol. The number of rotatable bonds is 3. The molecule has 1 saturated heterocycles. The second-order valence-electron chi connectivity index (χ2n) is 6.36. The predicted octanol–water partition coefficient (Wildman–Crippen LogP) is 2.36. The Morgan fingerprint density at radius 2 is 2.32 bits per heavy atom. The molecule has 2 atom stereocenters. The molecule has 1 N–H and O–H groups in total. The van der Waals surface area contributed by atoms with Crippen LogP contribution in [0.3, 0.4) is 0 Å². The highest BCUT2D eigenvalue weighted by Crippen LogP contribution is 2.44. The lowest BCUT2D eigenvalue weighted by atomic mass is 9.65. The lowest BCUT2D eigenvalue weighted by molar-refractivity contribution is -0.128. The largest absolute Gasteiger partial charge is 0.449 e. The summed E-state index contributed by atoms with van der Waals surface area (Å²) >= 11 is 0. The maximum absolute atomic E-state index is 10.9.